The molecule has 3 aromatic carbocycles. The molecule has 2 atom stereocenters. The molecule has 0 saturated carbocycles. The van der Waals surface area contributed by atoms with Crippen LogP contribution in [-0.4, -0.2) is 25.2 Å². The largest absolute Gasteiger partial charge is 0.445 e. The van der Waals surface area contributed by atoms with Crippen molar-refractivity contribution in [2.45, 2.75) is 76.2 Å². The van der Waals surface area contributed by atoms with Gasteiger partial charge in [0.1, 0.15) is 5.82 Å². The van der Waals surface area contributed by atoms with Crippen LogP contribution in [0, 0.1) is 12.7 Å². The third-order valence-corrected chi connectivity index (χ3v) is 8.20. The topological polar surface area (TPSA) is 64.6 Å². The minimum absolute atomic E-state index is 0.151. The summed E-state index contributed by atoms with van der Waals surface area (Å²) in [6.07, 6.45) is -5.36. The molecule has 0 aliphatic heterocycles. The zero-order valence-electron chi connectivity index (χ0n) is 24.5. The van der Waals surface area contributed by atoms with E-state index in [-0.39, 0.29) is 22.1 Å². The number of alkyl halides is 3. The zero-order valence-corrected chi connectivity index (χ0v) is 24.5. The van der Waals surface area contributed by atoms with Crippen molar-refractivity contribution in [2.75, 3.05) is 12.4 Å². The van der Waals surface area contributed by atoms with Crippen molar-refractivity contribution in [3.05, 3.63) is 100 Å². The maximum absolute atomic E-state index is 14.7. The highest BCUT2D eigenvalue weighted by Gasteiger charge is 2.64. The molecule has 0 saturated heterocycles. The van der Waals surface area contributed by atoms with E-state index in [1.54, 1.807) is 25.1 Å². The summed E-state index contributed by atoms with van der Waals surface area (Å²) in [5, 5.41) is 2.39. The minimum Gasteiger partial charge on any atom is -0.445 e. The summed E-state index contributed by atoms with van der Waals surface area (Å²) in [7, 11) is 0.752. The molecule has 42 heavy (non-hydrogen) atoms. The van der Waals surface area contributed by atoms with E-state index in [2.05, 4.69) is 19.2 Å². The van der Waals surface area contributed by atoms with E-state index in [0.717, 1.165) is 43.2 Å². The summed E-state index contributed by atoms with van der Waals surface area (Å²) < 4.78 is 68.9. The molecule has 3 aromatic rings. The smallest absolute Gasteiger partial charge is 0.432 e. The SMILES string of the molecule is COC(C(=O)OC(C(=O)Nc1ccc(C)cc1F)c1ccc2c(c1)C(C)(C)CCC2(C)C)(c1ccccc1)C(F)(F)F. The quantitative estimate of drug-likeness (QED) is 0.227. The number of carbonyl (C=O) groups is 2. The van der Waals surface area contributed by atoms with Crippen LogP contribution in [0.2, 0.25) is 0 Å². The number of ether oxygens (including phenoxy) is 2. The highest BCUT2D eigenvalue weighted by molar-refractivity contribution is 5.97. The van der Waals surface area contributed by atoms with Crippen molar-refractivity contribution >= 4 is 17.6 Å². The summed E-state index contributed by atoms with van der Waals surface area (Å²) in [5.41, 5.74) is -2.06. The van der Waals surface area contributed by atoms with Crippen molar-refractivity contribution in [2.24, 2.45) is 0 Å². The van der Waals surface area contributed by atoms with Crippen LogP contribution < -0.4 is 5.32 Å². The molecule has 0 radical (unpaired) electrons. The first-order chi connectivity index (χ1) is 19.5. The maximum Gasteiger partial charge on any atom is 0.432 e. The molecular formula is C33H35F4NO4. The minimum atomic E-state index is -5.24. The summed E-state index contributed by atoms with van der Waals surface area (Å²) in [4.78, 5) is 27.3. The van der Waals surface area contributed by atoms with Gasteiger partial charge >= 0.3 is 12.1 Å². The number of amides is 1. The second kappa shape index (κ2) is 11.2. The Bertz CT molecular complexity index is 1480. The van der Waals surface area contributed by atoms with Crippen LogP contribution in [-0.2, 0) is 35.5 Å². The molecule has 2 unspecified atom stereocenters. The standard InChI is InChI=1S/C33H35F4NO4/c1-20-12-15-26(25(34)18-20)38-28(39)27(21-13-14-23-24(19-21)31(4,5)17-16-30(23,2)3)42-29(40)32(41-6,33(35,36)37)22-10-8-7-9-11-22/h7-15,18-19,27H,16-17H2,1-6H3,(H,38,39). The van der Waals surface area contributed by atoms with Crippen LogP contribution in [0.3, 0.4) is 0 Å². The van der Waals surface area contributed by atoms with Gasteiger partial charge in [0.2, 0.25) is 6.10 Å². The first-order valence-corrected chi connectivity index (χ1v) is 13.6. The predicted octanol–water partition coefficient (Wildman–Crippen LogP) is 7.81. The summed E-state index contributed by atoms with van der Waals surface area (Å²) in [6.45, 7) is 9.95. The number of aryl methyl sites for hydroxylation is 1. The Morgan fingerprint density at radius 2 is 1.50 bits per heavy atom. The van der Waals surface area contributed by atoms with Gasteiger partial charge < -0.3 is 14.8 Å². The van der Waals surface area contributed by atoms with Gasteiger partial charge in [0.25, 0.3) is 11.5 Å². The van der Waals surface area contributed by atoms with Gasteiger partial charge in [-0.1, -0.05) is 82.3 Å². The van der Waals surface area contributed by atoms with E-state index in [9.17, 15) is 27.2 Å². The molecule has 0 spiro atoms. The lowest BCUT2D eigenvalue weighted by atomic mass is 9.63. The van der Waals surface area contributed by atoms with Crippen LogP contribution in [0.1, 0.15) is 74.5 Å². The van der Waals surface area contributed by atoms with Gasteiger partial charge in [0, 0.05) is 18.2 Å². The van der Waals surface area contributed by atoms with Crippen LogP contribution in [0.25, 0.3) is 0 Å². The number of fused-ring (bicyclic) bond motifs is 1. The van der Waals surface area contributed by atoms with Crippen LogP contribution in [0.15, 0.2) is 66.7 Å². The van der Waals surface area contributed by atoms with Gasteiger partial charge in [-0.05, 0) is 59.4 Å². The fraction of sp³-hybridized carbons (Fsp3) is 0.394. The van der Waals surface area contributed by atoms with Gasteiger partial charge in [-0.25, -0.2) is 9.18 Å². The Hall–Kier alpha value is -3.72. The van der Waals surface area contributed by atoms with Crippen LogP contribution in [0.4, 0.5) is 23.2 Å². The molecule has 0 bridgehead atoms. The number of anilines is 1. The van der Waals surface area contributed by atoms with Crippen molar-refractivity contribution < 1.29 is 36.6 Å². The Morgan fingerprint density at radius 1 is 0.881 bits per heavy atom. The number of benzene rings is 3. The summed E-state index contributed by atoms with van der Waals surface area (Å²) >= 11 is 0. The second-order valence-corrected chi connectivity index (χ2v) is 12.1. The highest BCUT2D eigenvalue weighted by atomic mass is 19.4. The fourth-order valence-corrected chi connectivity index (χ4v) is 5.54. The number of nitrogens with one attached hydrogen (secondary N) is 1. The Balaban J connectivity index is 1.84. The summed E-state index contributed by atoms with van der Waals surface area (Å²) in [6, 6.07) is 15.5. The monoisotopic (exact) mass is 585 g/mol. The van der Waals surface area contributed by atoms with Crippen molar-refractivity contribution in [1.29, 1.82) is 0 Å². The van der Waals surface area contributed by atoms with E-state index in [0.29, 0.717) is 5.56 Å². The first kappa shape index (κ1) is 31.2. The number of rotatable bonds is 7. The number of hydrogen-bond donors (Lipinski definition) is 1. The molecule has 0 fully saturated rings. The lowest BCUT2D eigenvalue weighted by Gasteiger charge is -2.42. The fourth-order valence-electron chi connectivity index (χ4n) is 5.54. The van der Waals surface area contributed by atoms with E-state index in [1.807, 2.05) is 19.9 Å². The van der Waals surface area contributed by atoms with Crippen LogP contribution >= 0.6 is 0 Å². The predicted molar refractivity (Wildman–Crippen MR) is 152 cm³/mol. The van der Waals surface area contributed by atoms with Crippen molar-refractivity contribution in [1.82, 2.24) is 0 Å². The van der Waals surface area contributed by atoms with E-state index in [4.69, 9.17) is 9.47 Å². The third-order valence-electron chi connectivity index (χ3n) is 8.20. The zero-order chi connectivity index (χ0) is 31.1. The number of methoxy groups -OCH3 is 1. The van der Waals surface area contributed by atoms with Gasteiger partial charge in [-0.2, -0.15) is 13.2 Å². The number of carbonyl (C=O) groups excluding carboxylic acids is 2. The van der Waals surface area contributed by atoms with E-state index >= 15 is 0 Å². The van der Waals surface area contributed by atoms with E-state index < -0.39 is 41.1 Å². The third kappa shape index (κ3) is 5.67. The maximum atomic E-state index is 14.7. The van der Waals surface area contributed by atoms with Crippen molar-refractivity contribution in [3.8, 4) is 0 Å². The Kier molecular flexibility index (Phi) is 8.30. The average molecular weight is 586 g/mol. The molecule has 5 nitrogen and oxygen atoms in total. The number of esters is 1. The molecular weight excluding hydrogens is 550 g/mol. The first-order valence-electron chi connectivity index (χ1n) is 13.6. The molecule has 1 aliphatic rings. The van der Waals surface area contributed by atoms with Crippen LogP contribution in [0.5, 0.6) is 0 Å². The van der Waals surface area contributed by atoms with Gasteiger partial charge in [-0.15, -0.1) is 0 Å². The lowest BCUT2D eigenvalue weighted by Crippen LogP contribution is -2.52. The second-order valence-electron chi connectivity index (χ2n) is 12.1. The lowest BCUT2D eigenvalue weighted by molar-refractivity contribution is -0.278. The normalized spacial score (nSPS) is 17.9. The highest BCUT2D eigenvalue weighted by Crippen LogP contribution is 2.47. The molecule has 4 rings (SSSR count). The Morgan fingerprint density at radius 3 is 2.07 bits per heavy atom. The molecule has 0 aromatic heterocycles. The van der Waals surface area contributed by atoms with Crippen molar-refractivity contribution in [3.63, 3.8) is 0 Å². The van der Waals surface area contributed by atoms with Gasteiger partial charge in [0.05, 0.1) is 5.69 Å². The average Bonchev–Trinajstić information content (AvgIpc) is 2.92. The molecule has 0 heterocycles. The summed E-state index contributed by atoms with van der Waals surface area (Å²) in [5.74, 6) is -3.59. The molecule has 1 aliphatic carbocycles. The number of hydrogen-bond acceptors (Lipinski definition) is 4. The molecule has 1 amide bonds. The van der Waals surface area contributed by atoms with E-state index in [1.165, 1.54) is 30.3 Å². The molecule has 9 heteroatoms. The van der Waals surface area contributed by atoms with Gasteiger partial charge in [0.15, 0.2) is 0 Å². The Labute approximate surface area is 243 Å². The molecule has 224 valence electrons. The molecule has 1 N–H and O–H groups in total. The van der Waals surface area contributed by atoms with Gasteiger partial charge in [-0.3, -0.25) is 4.79 Å². The number of halogens is 4.